The largest absolute Gasteiger partial charge is 0.481 e. The van der Waals surface area contributed by atoms with Gasteiger partial charge in [0.2, 0.25) is 0 Å². The molecule has 1 N–H and O–H groups in total. The number of rotatable bonds is 7. The predicted molar refractivity (Wildman–Crippen MR) is 154 cm³/mol. The molecule has 1 amide bonds. The molecule has 2 saturated heterocycles. The van der Waals surface area contributed by atoms with Gasteiger partial charge in [-0.2, -0.15) is 0 Å². The van der Waals surface area contributed by atoms with Crippen LogP contribution in [0, 0.1) is 12.7 Å². The quantitative estimate of drug-likeness (QED) is 0.340. The fourth-order valence-corrected chi connectivity index (χ4v) is 5.95. The third-order valence-electron chi connectivity index (χ3n) is 6.68. The Morgan fingerprint density at radius 1 is 1.10 bits per heavy atom. The van der Waals surface area contributed by atoms with Crippen LogP contribution >= 0.6 is 24.0 Å². The summed E-state index contributed by atoms with van der Waals surface area (Å²) in [4.78, 5) is 48.5. The number of hydrogen-bond donors (Lipinski definition) is 1. The average molecular weight is 568 g/mol. The van der Waals surface area contributed by atoms with Crippen molar-refractivity contribution in [1.29, 1.82) is 0 Å². The molecule has 2 aliphatic rings. The van der Waals surface area contributed by atoms with Crippen LogP contribution in [0.3, 0.4) is 0 Å². The molecule has 0 radical (unpaired) electrons. The second kappa shape index (κ2) is 11.1. The fourth-order valence-electron chi connectivity index (χ4n) is 4.65. The molecule has 0 spiro atoms. The zero-order chi connectivity index (χ0) is 27.7. The molecule has 0 unspecified atom stereocenters. The molecular weight excluding hydrogens is 541 g/mol. The number of carbonyl (C=O) groups excluding carboxylic acids is 1. The van der Waals surface area contributed by atoms with E-state index in [-0.39, 0.29) is 36.7 Å². The van der Waals surface area contributed by atoms with E-state index in [9.17, 15) is 18.8 Å². The van der Waals surface area contributed by atoms with Crippen LogP contribution in [0.5, 0.6) is 0 Å². The number of pyridine rings is 1. The summed E-state index contributed by atoms with van der Waals surface area (Å²) in [6.07, 6.45) is 3.48. The van der Waals surface area contributed by atoms with E-state index in [1.165, 1.54) is 21.4 Å². The summed E-state index contributed by atoms with van der Waals surface area (Å²) >= 11 is 6.48. The minimum atomic E-state index is -0.939. The Labute approximate surface area is 233 Å². The van der Waals surface area contributed by atoms with Crippen molar-refractivity contribution in [1.82, 2.24) is 14.3 Å². The Hall–Kier alpha value is -3.77. The standard InChI is InChI=1S/C27H26FN5O4S2/c1-17-4-9-22-29-24(31-13-11-30(12-14-31)19-7-5-18(28)6-8-19)20(25(36)33(22)16-17)15-21-26(37)32(27(38)39-21)10-2-3-23(34)35/h4-9,15-16H,2-3,10-14H2,1H3,(H,34,35)/b21-15-. The van der Waals surface area contributed by atoms with E-state index in [1.54, 1.807) is 30.5 Å². The van der Waals surface area contributed by atoms with Crippen molar-refractivity contribution >= 4 is 63.4 Å². The molecular formula is C27H26FN5O4S2. The molecule has 0 atom stereocenters. The maximum Gasteiger partial charge on any atom is 0.303 e. The summed E-state index contributed by atoms with van der Waals surface area (Å²) in [7, 11) is 0. The molecule has 0 saturated carbocycles. The van der Waals surface area contributed by atoms with Crippen molar-refractivity contribution in [3.63, 3.8) is 0 Å². The molecule has 12 heteroatoms. The number of amides is 1. The molecule has 5 rings (SSSR count). The molecule has 0 bridgehead atoms. The third-order valence-corrected chi connectivity index (χ3v) is 8.06. The number of hydrogen-bond acceptors (Lipinski definition) is 8. The van der Waals surface area contributed by atoms with Gasteiger partial charge in [-0.1, -0.05) is 30.0 Å². The molecule has 202 valence electrons. The highest BCUT2D eigenvalue weighted by Crippen LogP contribution is 2.34. The summed E-state index contributed by atoms with van der Waals surface area (Å²) < 4.78 is 15.2. The van der Waals surface area contributed by atoms with Gasteiger partial charge >= 0.3 is 5.97 Å². The summed E-state index contributed by atoms with van der Waals surface area (Å²) in [5.41, 5.74) is 2.31. The molecule has 2 aliphatic heterocycles. The van der Waals surface area contributed by atoms with Crippen molar-refractivity contribution in [2.24, 2.45) is 0 Å². The van der Waals surface area contributed by atoms with Crippen LogP contribution < -0.4 is 15.4 Å². The van der Waals surface area contributed by atoms with Gasteiger partial charge in [-0.25, -0.2) is 9.37 Å². The van der Waals surface area contributed by atoms with Gasteiger partial charge in [0, 0.05) is 51.0 Å². The lowest BCUT2D eigenvalue weighted by Gasteiger charge is -2.37. The minimum absolute atomic E-state index is 0.0700. The lowest BCUT2D eigenvalue weighted by atomic mass is 10.2. The summed E-state index contributed by atoms with van der Waals surface area (Å²) in [5.74, 6) is -1.09. The molecule has 2 fully saturated rings. The van der Waals surface area contributed by atoms with Crippen molar-refractivity contribution in [2.45, 2.75) is 19.8 Å². The maximum atomic E-state index is 13.7. The van der Waals surface area contributed by atoms with Crippen LogP contribution in [0.2, 0.25) is 0 Å². The SMILES string of the molecule is Cc1ccc2nc(N3CCN(c4ccc(F)cc4)CC3)c(/C=C3\SC(=S)N(CCCC(=O)O)C3=O)c(=O)n2c1. The number of carboxylic acid groups (broad SMARTS) is 1. The number of carboxylic acids is 1. The minimum Gasteiger partial charge on any atom is -0.481 e. The highest BCUT2D eigenvalue weighted by Gasteiger charge is 2.33. The fraction of sp³-hybridized carbons (Fsp3) is 0.296. The number of nitrogens with zero attached hydrogens (tertiary/aromatic N) is 5. The van der Waals surface area contributed by atoms with Gasteiger partial charge in [0.15, 0.2) is 0 Å². The zero-order valence-electron chi connectivity index (χ0n) is 21.2. The van der Waals surface area contributed by atoms with Crippen LogP contribution in [0.1, 0.15) is 24.0 Å². The first-order valence-electron chi connectivity index (χ1n) is 12.5. The number of benzene rings is 1. The van der Waals surface area contributed by atoms with Crippen molar-refractivity contribution in [3.8, 4) is 0 Å². The van der Waals surface area contributed by atoms with E-state index in [0.29, 0.717) is 52.4 Å². The predicted octanol–water partition coefficient (Wildman–Crippen LogP) is 3.53. The van der Waals surface area contributed by atoms with Crippen LogP contribution in [-0.2, 0) is 9.59 Å². The van der Waals surface area contributed by atoms with Crippen LogP contribution in [0.25, 0.3) is 11.7 Å². The van der Waals surface area contributed by atoms with Crippen LogP contribution in [0.4, 0.5) is 15.9 Å². The zero-order valence-corrected chi connectivity index (χ0v) is 22.8. The van der Waals surface area contributed by atoms with E-state index in [2.05, 4.69) is 4.90 Å². The van der Waals surface area contributed by atoms with Gasteiger partial charge in [-0.15, -0.1) is 0 Å². The number of aromatic nitrogens is 2. The first kappa shape index (κ1) is 26.8. The molecule has 0 aliphatic carbocycles. The smallest absolute Gasteiger partial charge is 0.303 e. The molecule has 39 heavy (non-hydrogen) atoms. The van der Waals surface area contributed by atoms with Gasteiger partial charge in [0.1, 0.15) is 21.6 Å². The monoisotopic (exact) mass is 567 g/mol. The highest BCUT2D eigenvalue weighted by molar-refractivity contribution is 8.26. The Bertz CT molecular complexity index is 1550. The second-order valence-electron chi connectivity index (χ2n) is 9.37. The number of fused-ring (bicyclic) bond motifs is 1. The molecule has 1 aromatic carbocycles. The van der Waals surface area contributed by atoms with E-state index >= 15 is 0 Å². The Morgan fingerprint density at radius 3 is 2.49 bits per heavy atom. The lowest BCUT2D eigenvalue weighted by Crippen LogP contribution is -2.47. The normalized spacial score (nSPS) is 17.1. The number of aliphatic carboxylic acids is 1. The van der Waals surface area contributed by atoms with Crippen LogP contribution in [-0.4, -0.2) is 68.3 Å². The van der Waals surface area contributed by atoms with Crippen molar-refractivity contribution < 1.29 is 19.1 Å². The van der Waals surface area contributed by atoms with Gasteiger partial charge in [0.25, 0.3) is 11.5 Å². The molecule has 3 aromatic rings. The van der Waals surface area contributed by atoms with Gasteiger partial charge in [-0.05, 0) is 55.3 Å². The first-order valence-corrected chi connectivity index (χ1v) is 13.7. The van der Waals surface area contributed by atoms with Crippen LogP contribution in [0.15, 0.2) is 52.3 Å². The third kappa shape index (κ3) is 5.66. The van der Waals surface area contributed by atoms with Gasteiger partial charge < -0.3 is 14.9 Å². The molecule has 4 heterocycles. The number of thiocarbonyl (C=S) groups is 1. The van der Waals surface area contributed by atoms with Gasteiger partial charge in [0.05, 0.1) is 10.5 Å². The number of piperazine rings is 1. The Kier molecular flexibility index (Phi) is 7.67. The number of anilines is 2. The van der Waals surface area contributed by atoms with E-state index in [0.717, 1.165) is 23.0 Å². The highest BCUT2D eigenvalue weighted by atomic mass is 32.2. The Balaban J connectivity index is 1.47. The van der Waals surface area contributed by atoms with Crippen molar-refractivity contribution in [3.05, 3.63) is 74.8 Å². The number of carbonyl (C=O) groups is 2. The topological polar surface area (TPSA) is 98.5 Å². The average Bonchev–Trinajstić information content (AvgIpc) is 3.18. The molecule has 9 nitrogen and oxygen atoms in total. The van der Waals surface area contributed by atoms with Crippen molar-refractivity contribution in [2.75, 3.05) is 42.5 Å². The van der Waals surface area contributed by atoms with E-state index < -0.39 is 5.97 Å². The first-order chi connectivity index (χ1) is 18.7. The molecule has 2 aromatic heterocycles. The maximum absolute atomic E-state index is 13.7. The number of halogens is 1. The second-order valence-corrected chi connectivity index (χ2v) is 11.0. The number of aryl methyl sites for hydroxylation is 1. The van der Waals surface area contributed by atoms with E-state index in [4.69, 9.17) is 22.3 Å². The lowest BCUT2D eigenvalue weighted by molar-refractivity contribution is -0.137. The van der Waals surface area contributed by atoms with E-state index in [1.807, 2.05) is 17.9 Å². The Morgan fingerprint density at radius 2 is 1.79 bits per heavy atom. The summed E-state index contributed by atoms with van der Waals surface area (Å²) in [6.45, 7) is 4.51. The summed E-state index contributed by atoms with van der Waals surface area (Å²) in [5, 5.41) is 8.93. The summed E-state index contributed by atoms with van der Waals surface area (Å²) in [6, 6.07) is 10.0. The number of thioether (sulfide) groups is 1. The van der Waals surface area contributed by atoms with Gasteiger partial charge in [-0.3, -0.25) is 23.7 Å².